The van der Waals surface area contributed by atoms with Gasteiger partial charge in [-0.1, -0.05) is 25.5 Å². The fraction of sp³-hybridized carbons (Fsp3) is 0.458. The number of nitriles is 1. The van der Waals surface area contributed by atoms with Crippen molar-refractivity contribution in [2.75, 3.05) is 26.7 Å². The van der Waals surface area contributed by atoms with Gasteiger partial charge in [0.05, 0.1) is 26.5 Å². The number of hydrogen-bond donors (Lipinski definition) is 5. The van der Waals surface area contributed by atoms with Gasteiger partial charge in [0, 0.05) is 37.6 Å². The van der Waals surface area contributed by atoms with Gasteiger partial charge in [0.25, 0.3) is 0 Å². The normalized spacial score (nSPS) is 16.5. The number of piperidine rings is 1. The van der Waals surface area contributed by atoms with Gasteiger partial charge in [0.2, 0.25) is 0 Å². The number of hydrogen-bond acceptors (Lipinski definition) is 8. The van der Waals surface area contributed by atoms with Crippen LogP contribution in [0.4, 0.5) is 0 Å². The SMILES string of the molecule is C/C(=C/C(=C\N)c1[nH]c2cc(/C(N)=C/N(N)C3CCNCC3)sc2c1C(C)C)CN(C)C#N. The molecular weight excluding hydrogens is 432 g/mol. The number of hydrazine groups is 1. The highest BCUT2D eigenvalue weighted by Gasteiger charge is 2.21. The predicted molar refractivity (Wildman–Crippen MR) is 139 cm³/mol. The highest BCUT2D eigenvalue weighted by molar-refractivity contribution is 7.20. The third kappa shape index (κ3) is 5.71. The average Bonchev–Trinajstić information content (AvgIpc) is 3.35. The monoisotopic (exact) mass is 468 g/mol. The van der Waals surface area contributed by atoms with Crippen molar-refractivity contribution >= 4 is 32.8 Å². The van der Waals surface area contributed by atoms with E-state index in [4.69, 9.17) is 22.6 Å². The second kappa shape index (κ2) is 10.8. The number of fused-ring (bicyclic) bond motifs is 1. The molecule has 1 aliphatic rings. The third-order valence-corrected chi connectivity index (χ3v) is 7.13. The van der Waals surface area contributed by atoms with E-state index in [1.54, 1.807) is 34.5 Å². The fourth-order valence-corrected chi connectivity index (χ4v) is 5.51. The molecule has 0 aliphatic carbocycles. The summed E-state index contributed by atoms with van der Waals surface area (Å²) in [5.41, 5.74) is 18.4. The number of nitrogens with one attached hydrogen (secondary N) is 2. The first-order chi connectivity index (χ1) is 15.7. The molecule has 0 atom stereocenters. The van der Waals surface area contributed by atoms with E-state index in [9.17, 15) is 0 Å². The van der Waals surface area contributed by atoms with Crippen LogP contribution in [0.5, 0.6) is 0 Å². The van der Waals surface area contributed by atoms with Crippen LogP contribution in [0.25, 0.3) is 21.5 Å². The number of nitrogens with zero attached hydrogens (tertiary/aromatic N) is 3. The van der Waals surface area contributed by atoms with E-state index < -0.39 is 0 Å². The summed E-state index contributed by atoms with van der Waals surface area (Å²) in [4.78, 5) is 6.15. The number of aromatic amines is 1. The van der Waals surface area contributed by atoms with E-state index in [-0.39, 0.29) is 5.92 Å². The minimum absolute atomic E-state index is 0.289. The second-order valence-electron chi connectivity index (χ2n) is 9.00. The lowest BCUT2D eigenvalue weighted by atomic mass is 9.98. The molecule has 8 N–H and O–H groups in total. The van der Waals surface area contributed by atoms with Crippen LogP contribution in [-0.2, 0) is 0 Å². The molecule has 2 aromatic rings. The summed E-state index contributed by atoms with van der Waals surface area (Å²) >= 11 is 1.67. The minimum Gasteiger partial charge on any atom is -0.404 e. The first-order valence-corrected chi connectivity index (χ1v) is 12.1. The first-order valence-electron chi connectivity index (χ1n) is 11.3. The number of nitrogens with two attached hydrogens (primary N) is 3. The van der Waals surface area contributed by atoms with Gasteiger partial charge >= 0.3 is 0 Å². The zero-order chi connectivity index (χ0) is 24.1. The van der Waals surface area contributed by atoms with Crippen LogP contribution < -0.4 is 22.6 Å². The van der Waals surface area contributed by atoms with Crippen LogP contribution in [0, 0.1) is 11.5 Å². The lowest BCUT2D eigenvalue weighted by molar-refractivity contribution is 0.231. The molecule has 1 aliphatic heterocycles. The van der Waals surface area contributed by atoms with E-state index in [1.807, 2.05) is 19.2 Å². The lowest BCUT2D eigenvalue weighted by Crippen LogP contribution is -2.44. The van der Waals surface area contributed by atoms with Crippen LogP contribution in [0.2, 0.25) is 0 Å². The van der Waals surface area contributed by atoms with Crippen molar-refractivity contribution in [3.05, 3.63) is 46.2 Å². The van der Waals surface area contributed by atoms with E-state index in [0.717, 1.165) is 53.2 Å². The fourth-order valence-electron chi connectivity index (χ4n) is 4.28. The molecular formula is C24H36N8S. The summed E-state index contributed by atoms with van der Waals surface area (Å²) in [5.74, 6) is 6.59. The largest absolute Gasteiger partial charge is 0.404 e. The zero-order valence-corrected chi connectivity index (χ0v) is 20.8. The number of allylic oxidation sites excluding steroid dienone is 2. The van der Waals surface area contributed by atoms with E-state index in [2.05, 4.69) is 36.4 Å². The quantitative estimate of drug-likeness (QED) is 0.132. The highest BCUT2D eigenvalue weighted by atomic mass is 32.1. The second-order valence-corrected chi connectivity index (χ2v) is 10.1. The summed E-state index contributed by atoms with van der Waals surface area (Å²) < 4.78 is 1.18. The van der Waals surface area contributed by atoms with Gasteiger partial charge in [-0.25, -0.2) is 5.84 Å². The third-order valence-electron chi connectivity index (χ3n) is 5.91. The number of rotatable bonds is 8. The molecule has 178 valence electrons. The van der Waals surface area contributed by atoms with Gasteiger partial charge in [-0.3, -0.25) is 0 Å². The molecule has 3 heterocycles. The van der Waals surface area contributed by atoms with Crippen LogP contribution in [-0.4, -0.2) is 47.6 Å². The highest BCUT2D eigenvalue weighted by Crippen LogP contribution is 2.39. The van der Waals surface area contributed by atoms with Gasteiger partial charge in [0.15, 0.2) is 6.19 Å². The maximum Gasteiger partial charge on any atom is 0.179 e. The van der Waals surface area contributed by atoms with Gasteiger partial charge in [-0.15, -0.1) is 11.3 Å². The Hall–Kier alpha value is -2.93. The predicted octanol–water partition coefficient (Wildman–Crippen LogP) is 3.20. The van der Waals surface area contributed by atoms with Crippen molar-refractivity contribution in [1.29, 1.82) is 5.26 Å². The maximum absolute atomic E-state index is 9.05. The topological polar surface area (TPSA) is 136 Å². The number of thiophene rings is 1. The van der Waals surface area contributed by atoms with Crippen LogP contribution in [0.1, 0.15) is 55.7 Å². The maximum atomic E-state index is 9.05. The summed E-state index contributed by atoms with van der Waals surface area (Å²) in [7, 11) is 1.76. The molecule has 0 bridgehead atoms. The van der Waals surface area contributed by atoms with Crippen LogP contribution >= 0.6 is 11.3 Å². The Labute approximate surface area is 200 Å². The lowest BCUT2D eigenvalue weighted by Gasteiger charge is -2.30. The molecule has 3 rings (SSSR count). The molecule has 2 aromatic heterocycles. The van der Waals surface area contributed by atoms with Gasteiger partial charge in [-0.2, -0.15) is 5.26 Å². The Balaban J connectivity index is 1.93. The standard InChI is InChI=1S/C24H36N8S/c1-15(2)22-23(17(11-25)9-16(3)12-31(4)14-26)30-20-10-21(33-24(20)22)19(27)13-32(28)18-5-7-29-8-6-18/h9-11,13,15,18,29-30H,5-8,12,25,27-28H2,1-4H3/b16-9-,17-11+,19-13-. The summed E-state index contributed by atoms with van der Waals surface area (Å²) in [6, 6.07) is 2.39. The van der Waals surface area contributed by atoms with Crippen LogP contribution in [0.15, 0.2) is 30.1 Å². The molecule has 0 amide bonds. The Bertz CT molecular complexity index is 1090. The molecule has 0 radical (unpaired) electrons. The van der Waals surface area contributed by atoms with Crippen LogP contribution in [0.3, 0.4) is 0 Å². The van der Waals surface area contributed by atoms with Gasteiger partial charge in [0.1, 0.15) is 0 Å². The Kier molecular flexibility index (Phi) is 8.08. The smallest absolute Gasteiger partial charge is 0.179 e. The first kappa shape index (κ1) is 24.7. The summed E-state index contributed by atoms with van der Waals surface area (Å²) in [5, 5.41) is 14.2. The Morgan fingerprint density at radius 1 is 1.36 bits per heavy atom. The van der Waals surface area contributed by atoms with Crippen molar-refractivity contribution in [3.8, 4) is 6.19 Å². The number of H-pyrrole nitrogens is 1. The van der Waals surface area contributed by atoms with E-state index in [1.165, 1.54) is 10.3 Å². The Morgan fingerprint density at radius 2 is 2.06 bits per heavy atom. The molecule has 1 fully saturated rings. The average molecular weight is 469 g/mol. The zero-order valence-electron chi connectivity index (χ0n) is 20.0. The molecule has 8 nitrogen and oxygen atoms in total. The molecule has 0 aromatic carbocycles. The molecule has 9 heteroatoms. The molecule has 0 saturated carbocycles. The van der Waals surface area contributed by atoms with Crippen molar-refractivity contribution < 1.29 is 0 Å². The van der Waals surface area contributed by atoms with E-state index in [0.29, 0.717) is 18.3 Å². The molecule has 0 spiro atoms. The van der Waals surface area contributed by atoms with Crippen molar-refractivity contribution in [1.82, 2.24) is 20.2 Å². The molecule has 0 unspecified atom stereocenters. The molecule has 33 heavy (non-hydrogen) atoms. The van der Waals surface area contributed by atoms with Gasteiger partial charge in [-0.05, 0) is 50.4 Å². The van der Waals surface area contributed by atoms with Crippen molar-refractivity contribution in [2.24, 2.45) is 17.3 Å². The van der Waals surface area contributed by atoms with E-state index >= 15 is 0 Å². The van der Waals surface area contributed by atoms with Gasteiger partial charge < -0.3 is 31.7 Å². The van der Waals surface area contributed by atoms with Crippen molar-refractivity contribution in [3.63, 3.8) is 0 Å². The van der Waals surface area contributed by atoms with Crippen molar-refractivity contribution in [2.45, 2.75) is 45.6 Å². The number of aromatic nitrogens is 1. The molecule has 1 saturated heterocycles. The Morgan fingerprint density at radius 3 is 2.67 bits per heavy atom. The summed E-state index contributed by atoms with van der Waals surface area (Å²) in [6.07, 6.45) is 9.67. The summed E-state index contributed by atoms with van der Waals surface area (Å²) in [6.45, 7) is 8.87. The number of likely N-dealkylation sites (N-methyl/N-ethyl adjacent to an activating group) is 1. The minimum atomic E-state index is 0.289.